The molecule has 21 heavy (non-hydrogen) atoms. The molecule has 0 aliphatic rings. The first-order valence-corrected chi connectivity index (χ1v) is 7.14. The van der Waals surface area contributed by atoms with Gasteiger partial charge in [-0.05, 0) is 0 Å². The molecule has 0 saturated carbocycles. The first-order valence-electron chi connectivity index (χ1n) is 7.14. The normalized spacial score (nSPS) is 12.3. The van der Waals surface area contributed by atoms with Crippen LogP contribution in [0.25, 0.3) is 0 Å². The van der Waals surface area contributed by atoms with Crippen molar-refractivity contribution in [3.05, 3.63) is 35.9 Å². The Kier molecular flexibility index (Phi) is 4.87. The van der Waals surface area contributed by atoms with E-state index in [1.165, 1.54) is 0 Å². The Morgan fingerprint density at radius 1 is 0.762 bits per heavy atom. The summed E-state index contributed by atoms with van der Waals surface area (Å²) in [6.45, 7) is 10.4. The minimum absolute atomic E-state index is 0.323. The third-order valence-corrected chi connectivity index (χ3v) is 3.32. The van der Waals surface area contributed by atoms with Crippen molar-refractivity contribution in [2.75, 3.05) is 0 Å². The van der Waals surface area contributed by atoms with Gasteiger partial charge in [-0.1, -0.05) is 71.9 Å². The van der Waals surface area contributed by atoms with Crippen LogP contribution in [0.15, 0.2) is 30.3 Å². The molecule has 0 atom stereocenters. The first-order chi connectivity index (χ1) is 9.46. The van der Waals surface area contributed by atoms with Crippen molar-refractivity contribution in [1.82, 2.24) is 0 Å². The van der Waals surface area contributed by atoms with Crippen molar-refractivity contribution >= 4 is 17.3 Å². The maximum absolute atomic E-state index is 12.7. The van der Waals surface area contributed by atoms with Gasteiger partial charge in [0.05, 0.1) is 0 Å². The minimum Gasteiger partial charge on any atom is -0.298 e. The molecule has 114 valence electrons. The summed E-state index contributed by atoms with van der Waals surface area (Å²) in [5, 5.41) is 0. The molecule has 0 amide bonds. The molecule has 0 aromatic heterocycles. The third kappa shape index (κ3) is 4.10. The van der Waals surface area contributed by atoms with Crippen LogP contribution in [-0.2, 0) is 9.59 Å². The van der Waals surface area contributed by atoms with Gasteiger partial charge in [0, 0.05) is 16.4 Å². The lowest BCUT2D eigenvalue weighted by molar-refractivity contribution is -0.139. The van der Waals surface area contributed by atoms with Crippen LogP contribution in [0, 0.1) is 16.7 Å². The summed E-state index contributed by atoms with van der Waals surface area (Å²) < 4.78 is 0. The summed E-state index contributed by atoms with van der Waals surface area (Å²) in [4.78, 5) is 37.9. The summed E-state index contributed by atoms with van der Waals surface area (Å²) in [6.07, 6.45) is 0. The number of carbonyl (C=O) groups excluding carboxylic acids is 3. The molecule has 0 unspecified atom stereocenters. The van der Waals surface area contributed by atoms with Gasteiger partial charge in [-0.15, -0.1) is 0 Å². The minimum atomic E-state index is -1.23. The lowest BCUT2D eigenvalue weighted by atomic mass is 9.72. The van der Waals surface area contributed by atoms with E-state index in [2.05, 4.69) is 0 Å². The number of rotatable bonds is 4. The van der Waals surface area contributed by atoms with Gasteiger partial charge in [0.2, 0.25) is 0 Å². The molecular formula is C18H24O3. The largest absolute Gasteiger partial charge is 0.298 e. The monoisotopic (exact) mass is 288 g/mol. The average Bonchev–Trinajstić information content (AvgIpc) is 2.37. The molecule has 1 aromatic carbocycles. The summed E-state index contributed by atoms with van der Waals surface area (Å²) in [6, 6.07) is 8.53. The SMILES string of the molecule is CC(C)(C)C(=O)C(C(=O)c1ccccc1)C(=O)C(C)(C)C. The van der Waals surface area contributed by atoms with Gasteiger partial charge >= 0.3 is 0 Å². The molecule has 0 fully saturated rings. The Labute approximate surface area is 126 Å². The molecule has 3 nitrogen and oxygen atoms in total. The van der Waals surface area contributed by atoms with Crippen LogP contribution in [0.4, 0.5) is 0 Å². The lowest BCUT2D eigenvalue weighted by Crippen LogP contribution is -2.43. The number of carbonyl (C=O) groups is 3. The van der Waals surface area contributed by atoms with Crippen molar-refractivity contribution in [3.8, 4) is 0 Å². The Bertz CT molecular complexity index is 516. The second-order valence-electron chi connectivity index (χ2n) is 7.39. The molecule has 0 saturated heterocycles. The van der Waals surface area contributed by atoms with E-state index in [-0.39, 0.29) is 11.6 Å². The summed E-state index contributed by atoms with van der Waals surface area (Å²) in [5.74, 6) is -2.28. The van der Waals surface area contributed by atoms with Crippen molar-refractivity contribution < 1.29 is 14.4 Å². The molecule has 0 aliphatic carbocycles. The van der Waals surface area contributed by atoms with E-state index in [0.717, 1.165) is 0 Å². The Morgan fingerprint density at radius 2 is 1.14 bits per heavy atom. The highest BCUT2D eigenvalue weighted by Crippen LogP contribution is 2.29. The third-order valence-electron chi connectivity index (χ3n) is 3.32. The molecule has 1 aromatic rings. The average molecular weight is 288 g/mol. The Hall–Kier alpha value is -1.77. The zero-order chi connectivity index (χ0) is 16.4. The van der Waals surface area contributed by atoms with Crippen LogP contribution in [0.3, 0.4) is 0 Å². The number of benzene rings is 1. The Morgan fingerprint density at radius 3 is 1.48 bits per heavy atom. The highest BCUT2D eigenvalue weighted by Gasteiger charge is 2.43. The molecule has 0 heterocycles. The predicted molar refractivity (Wildman–Crippen MR) is 83.2 cm³/mol. The number of Topliss-reactive ketones (excluding diaryl/α,β-unsaturated/α-hetero) is 3. The maximum atomic E-state index is 12.7. The second-order valence-corrected chi connectivity index (χ2v) is 7.39. The van der Waals surface area contributed by atoms with Gasteiger partial charge in [-0.3, -0.25) is 14.4 Å². The van der Waals surface area contributed by atoms with E-state index >= 15 is 0 Å². The number of hydrogen-bond donors (Lipinski definition) is 0. The van der Waals surface area contributed by atoms with Gasteiger partial charge in [0.15, 0.2) is 17.3 Å². The summed E-state index contributed by atoms with van der Waals surface area (Å²) in [5.41, 5.74) is -1.08. The fourth-order valence-corrected chi connectivity index (χ4v) is 1.99. The van der Waals surface area contributed by atoms with Crippen LogP contribution < -0.4 is 0 Å². The fraction of sp³-hybridized carbons (Fsp3) is 0.500. The standard InChI is InChI=1S/C18H24O3/c1-17(2,3)15(20)13(16(21)18(4,5)6)14(19)12-10-8-7-9-11-12/h7-11,13H,1-6H3. The molecule has 0 spiro atoms. The van der Waals surface area contributed by atoms with E-state index in [1.54, 1.807) is 71.9 Å². The summed E-state index contributed by atoms with van der Waals surface area (Å²) in [7, 11) is 0. The molecule has 3 heteroatoms. The molecule has 0 aliphatic heterocycles. The first kappa shape index (κ1) is 17.3. The van der Waals surface area contributed by atoms with E-state index in [9.17, 15) is 14.4 Å². The highest BCUT2D eigenvalue weighted by molar-refractivity contribution is 6.26. The number of hydrogen-bond acceptors (Lipinski definition) is 3. The fourth-order valence-electron chi connectivity index (χ4n) is 1.99. The van der Waals surface area contributed by atoms with E-state index in [4.69, 9.17) is 0 Å². The summed E-state index contributed by atoms with van der Waals surface area (Å²) >= 11 is 0. The van der Waals surface area contributed by atoms with Crippen LogP contribution in [-0.4, -0.2) is 17.3 Å². The molecule has 1 rings (SSSR count). The van der Waals surface area contributed by atoms with Gasteiger partial charge in [-0.25, -0.2) is 0 Å². The molecular weight excluding hydrogens is 264 g/mol. The van der Waals surface area contributed by atoms with Gasteiger partial charge in [0.1, 0.15) is 5.92 Å². The Balaban J connectivity index is 3.30. The molecule has 0 bridgehead atoms. The molecule has 0 radical (unpaired) electrons. The van der Waals surface area contributed by atoms with Crippen LogP contribution in [0.1, 0.15) is 51.9 Å². The highest BCUT2D eigenvalue weighted by atomic mass is 16.2. The quantitative estimate of drug-likeness (QED) is 0.627. The molecule has 0 N–H and O–H groups in total. The van der Waals surface area contributed by atoms with Gasteiger partial charge < -0.3 is 0 Å². The lowest BCUT2D eigenvalue weighted by Gasteiger charge is -2.27. The van der Waals surface area contributed by atoms with Gasteiger partial charge in [-0.2, -0.15) is 0 Å². The van der Waals surface area contributed by atoms with Crippen LogP contribution in [0.5, 0.6) is 0 Å². The van der Waals surface area contributed by atoms with E-state index in [0.29, 0.717) is 5.56 Å². The zero-order valence-electron chi connectivity index (χ0n) is 13.7. The van der Waals surface area contributed by atoms with Crippen molar-refractivity contribution in [3.63, 3.8) is 0 Å². The van der Waals surface area contributed by atoms with Crippen LogP contribution >= 0.6 is 0 Å². The van der Waals surface area contributed by atoms with Crippen molar-refractivity contribution in [1.29, 1.82) is 0 Å². The van der Waals surface area contributed by atoms with Crippen molar-refractivity contribution in [2.24, 2.45) is 16.7 Å². The van der Waals surface area contributed by atoms with E-state index in [1.807, 2.05) is 0 Å². The van der Waals surface area contributed by atoms with Gasteiger partial charge in [0.25, 0.3) is 0 Å². The van der Waals surface area contributed by atoms with Crippen molar-refractivity contribution in [2.45, 2.75) is 41.5 Å². The van der Waals surface area contributed by atoms with Crippen LogP contribution in [0.2, 0.25) is 0 Å². The smallest absolute Gasteiger partial charge is 0.180 e. The second kappa shape index (κ2) is 5.92. The topological polar surface area (TPSA) is 51.2 Å². The maximum Gasteiger partial charge on any atom is 0.180 e. The predicted octanol–water partition coefficient (Wildman–Crippen LogP) is 3.72. The zero-order valence-corrected chi connectivity index (χ0v) is 13.7. The van der Waals surface area contributed by atoms with E-state index < -0.39 is 22.5 Å². The number of ketones is 3.